The van der Waals surface area contributed by atoms with Crippen LogP contribution in [0.4, 0.5) is 0 Å². The number of hydrogen-bond acceptors (Lipinski definition) is 1. The Morgan fingerprint density at radius 2 is 1.72 bits per heavy atom. The summed E-state index contributed by atoms with van der Waals surface area (Å²) < 4.78 is 0. The van der Waals surface area contributed by atoms with E-state index in [0.717, 1.165) is 6.42 Å². The molecule has 2 aromatic rings. The first-order valence-electron chi connectivity index (χ1n) is 6.56. The van der Waals surface area contributed by atoms with Gasteiger partial charge in [0.2, 0.25) is 0 Å². The standard InChI is InChI=1S/C16H21N.ClH/c1-2-3-4-12-16(17)15-11-7-9-13-8-5-6-10-14(13)15;/h5-11,16H,2-4,12,17H2,1H3;1H/t16-;/m1./s1. The molecule has 2 aromatic carbocycles. The lowest BCUT2D eigenvalue weighted by molar-refractivity contribution is 0.584. The van der Waals surface area contributed by atoms with Crippen molar-refractivity contribution in [1.82, 2.24) is 0 Å². The van der Waals surface area contributed by atoms with Gasteiger partial charge >= 0.3 is 0 Å². The minimum Gasteiger partial charge on any atom is -0.324 e. The second-order valence-electron chi connectivity index (χ2n) is 4.67. The van der Waals surface area contributed by atoms with E-state index >= 15 is 0 Å². The monoisotopic (exact) mass is 263 g/mol. The second kappa shape index (κ2) is 7.40. The first-order chi connectivity index (χ1) is 8.33. The molecule has 18 heavy (non-hydrogen) atoms. The smallest absolute Gasteiger partial charge is 0.0301 e. The maximum atomic E-state index is 6.30. The summed E-state index contributed by atoms with van der Waals surface area (Å²) in [4.78, 5) is 0. The van der Waals surface area contributed by atoms with Crippen LogP contribution in [0, 0.1) is 0 Å². The van der Waals surface area contributed by atoms with Crippen molar-refractivity contribution in [2.75, 3.05) is 0 Å². The molecule has 0 unspecified atom stereocenters. The molecule has 0 amide bonds. The molecule has 1 atom stereocenters. The lowest BCUT2D eigenvalue weighted by Gasteiger charge is -2.14. The van der Waals surface area contributed by atoms with Crippen LogP contribution in [0.1, 0.15) is 44.2 Å². The molecule has 98 valence electrons. The molecule has 0 aliphatic heterocycles. The fourth-order valence-corrected chi connectivity index (χ4v) is 2.34. The van der Waals surface area contributed by atoms with E-state index in [1.54, 1.807) is 0 Å². The minimum absolute atomic E-state index is 0. The number of fused-ring (bicyclic) bond motifs is 1. The topological polar surface area (TPSA) is 26.0 Å². The summed E-state index contributed by atoms with van der Waals surface area (Å²) in [5, 5.41) is 2.59. The number of benzene rings is 2. The van der Waals surface area contributed by atoms with Crippen molar-refractivity contribution in [3.8, 4) is 0 Å². The van der Waals surface area contributed by atoms with Gasteiger partial charge in [-0.05, 0) is 22.8 Å². The third kappa shape index (κ3) is 3.47. The fourth-order valence-electron chi connectivity index (χ4n) is 2.34. The molecular formula is C16H22ClN. The quantitative estimate of drug-likeness (QED) is 0.768. The van der Waals surface area contributed by atoms with E-state index in [9.17, 15) is 0 Å². The Kier molecular flexibility index (Phi) is 6.17. The van der Waals surface area contributed by atoms with Gasteiger partial charge in [0.25, 0.3) is 0 Å². The maximum absolute atomic E-state index is 6.30. The highest BCUT2D eigenvalue weighted by molar-refractivity contribution is 5.86. The van der Waals surface area contributed by atoms with Gasteiger partial charge in [0.1, 0.15) is 0 Å². The Bertz CT molecular complexity index is 476. The van der Waals surface area contributed by atoms with E-state index in [1.807, 2.05) is 0 Å². The first kappa shape index (κ1) is 15.0. The number of unbranched alkanes of at least 4 members (excludes halogenated alkanes) is 2. The van der Waals surface area contributed by atoms with Crippen molar-refractivity contribution in [3.63, 3.8) is 0 Å². The van der Waals surface area contributed by atoms with Crippen LogP contribution >= 0.6 is 12.4 Å². The molecule has 0 aliphatic carbocycles. The second-order valence-corrected chi connectivity index (χ2v) is 4.67. The highest BCUT2D eigenvalue weighted by Crippen LogP contribution is 2.25. The van der Waals surface area contributed by atoms with Crippen LogP contribution in [0.3, 0.4) is 0 Å². The number of halogens is 1. The molecule has 0 saturated carbocycles. The molecule has 0 bridgehead atoms. The molecule has 0 radical (unpaired) electrons. The van der Waals surface area contributed by atoms with Gasteiger partial charge in [-0.25, -0.2) is 0 Å². The molecule has 0 aliphatic rings. The molecule has 0 fully saturated rings. The Balaban J connectivity index is 0.00000162. The summed E-state index contributed by atoms with van der Waals surface area (Å²) >= 11 is 0. The third-order valence-electron chi connectivity index (χ3n) is 3.34. The average Bonchev–Trinajstić information content (AvgIpc) is 2.38. The van der Waals surface area contributed by atoms with E-state index in [2.05, 4.69) is 49.4 Å². The van der Waals surface area contributed by atoms with Crippen LogP contribution < -0.4 is 5.73 Å². The van der Waals surface area contributed by atoms with Crippen LogP contribution in [0.25, 0.3) is 10.8 Å². The SMILES string of the molecule is CCCCC[C@@H](N)c1cccc2ccccc12.Cl. The van der Waals surface area contributed by atoms with Gasteiger partial charge in [0, 0.05) is 6.04 Å². The fraction of sp³-hybridized carbons (Fsp3) is 0.375. The summed E-state index contributed by atoms with van der Waals surface area (Å²) in [6.45, 7) is 2.23. The lowest BCUT2D eigenvalue weighted by Crippen LogP contribution is -2.10. The molecule has 2 rings (SSSR count). The number of rotatable bonds is 5. The van der Waals surface area contributed by atoms with Gasteiger partial charge in [-0.1, -0.05) is 68.7 Å². The predicted octanol–water partition coefficient (Wildman–Crippen LogP) is 4.84. The molecule has 2 heteroatoms. The van der Waals surface area contributed by atoms with E-state index in [0.29, 0.717) is 0 Å². The molecule has 1 nitrogen and oxygen atoms in total. The lowest BCUT2D eigenvalue weighted by atomic mass is 9.96. The minimum atomic E-state index is 0. The Morgan fingerprint density at radius 1 is 1.00 bits per heavy atom. The number of nitrogens with two attached hydrogens (primary N) is 1. The van der Waals surface area contributed by atoms with Crippen LogP contribution in [0.2, 0.25) is 0 Å². The van der Waals surface area contributed by atoms with Crippen molar-refractivity contribution >= 4 is 23.2 Å². The highest BCUT2D eigenvalue weighted by Gasteiger charge is 2.08. The zero-order chi connectivity index (χ0) is 12.1. The molecule has 0 spiro atoms. The predicted molar refractivity (Wildman–Crippen MR) is 82.3 cm³/mol. The van der Waals surface area contributed by atoms with E-state index < -0.39 is 0 Å². The van der Waals surface area contributed by atoms with Crippen molar-refractivity contribution in [2.24, 2.45) is 5.73 Å². The Morgan fingerprint density at radius 3 is 2.50 bits per heavy atom. The van der Waals surface area contributed by atoms with Crippen molar-refractivity contribution in [1.29, 1.82) is 0 Å². The summed E-state index contributed by atoms with van der Waals surface area (Å²) in [5.74, 6) is 0. The molecular weight excluding hydrogens is 242 g/mol. The first-order valence-corrected chi connectivity index (χ1v) is 6.56. The molecule has 0 saturated heterocycles. The van der Waals surface area contributed by atoms with E-state index in [-0.39, 0.29) is 18.4 Å². The van der Waals surface area contributed by atoms with Crippen molar-refractivity contribution in [3.05, 3.63) is 48.0 Å². The summed E-state index contributed by atoms with van der Waals surface area (Å²) in [7, 11) is 0. The largest absolute Gasteiger partial charge is 0.324 e. The van der Waals surface area contributed by atoms with Gasteiger partial charge in [0.15, 0.2) is 0 Å². The van der Waals surface area contributed by atoms with E-state index in [1.165, 1.54) is 35.6 Å². The van der Waals surface area contributed by atoms with Gasteiger partial charge < -0.3 is 5.73 Å². The average molecular weight is 264 g/mol. The van der Waals surface area contributed by atoms with Gasteiger partial charge in [-0.15, -0.1) is 12.4 Å². The normalized spacial score (nSPS) is 12.1. The zero-order valence-corrected chi connectivity index (χ0v) is 11.7. The van der Waals surface area contributed by atoms with Crippen LogP contribution in [-0.2, 0) is 0 Å². The third-order valence-corrected chi connectivity index (χ3v) is 3.34. The summed E-state index contributed by atoms with van der Waals surface area (Å²) in [6.07, 6.45) is 4.84. The highest BCUT2D eigenvalue weighted by atomic mass is 35.5. The van der Waals surface area contributed by atoms with Gasteiger partial charge in [-0.2, -0.15) is 0 Å². The zero-order valence-electron chi connectivity index (χ0n) is 10.9. The maximum Gasteiger partial charge on any atom is 0.0301 e. The van der Waals surface area contributed by atoms with Crippen molar-refractivity contribution in [2.45, 2.75) is 38.6 Å². The van der Waals surface area contributed by atoms with Crippen LogP contribution in [0.15, 0.2) is 42.5 Å². The summed E-state index contributed by atoms with van der Waals surface area (Å²) in [5.41, 5.74) is 7.59. The Hall–Kier alpha value is -1.05. The molecule has 2 N–H and O–H groups in total. The van der Waals surface area contributed by atoms with Crippen LogP contribution in [0.5, 0.6) is 0 Å². The molecule has 0 aromatic heterocycles. The van der Waals surface area contributed by atoms with E-state index in [4.69, 9.17) is 5.73 Å². The van der Waals surface area contributed by atoms with Crippen molar-refractivity contribution < 1.29 is 0 Å². The Labute approximate surface area is 116 Å². The van der Waals surface area contributed by atoms with Crippen LogP contribution in [-0.4, -0.2) is 0 Å². The summed E-state index contributed by atoms with van der Waals surface area (Å²) in [6, 6.07) is 15.1. The van der Waals surface area contributed by atoms with Gasteiger partial charge in [-0.3, -0.25) is 0 Å². The van der Waals surface area contributed by atoms with Gasteiger partial charge in [0.05, 0.1) is 0 Å². The number of hydrogen-bond donors (Lipinski definition) is 1. The molecule has 0 heterocycles.